The maximum absolute atomic E-state index is 14.0. The van der Waals surface area contributed by atoms with Gasteiger partial charge in [0.1, 0.15) is 0 Å². The highest BCUT2D eigenvalue weighted by Gasteiger charge is 2.33. The van der Waals surface area contributed by atoms with Crippen LogP contribution in [0, 0.1) is 6.92 Å². The van der Waals surface area contributed by atoms with Gasteiger partial charge in [-0.3, -0.25) is 14.7 Å². The number of aryl methyl sites for hydroxylation is 1. The monoisotopic (exact) mass is 643 g/mol. The number of carbonyl (C=O) groups is 1. The summed E-state index contributed by atoms with van der Waals surface area (Å²) in [6, 6.07) is 9.10. The molecule has 3 aromatic rings. The Kier molecular flexibility index (Phi) is 9.87. The van der Waals surface area contributed by atoms with Crippen LogP contribution in [0.1, 0.15) is 39.2 Å². The average molecular weight is 644 g/mol. The number of hydrogen-bond acceptors (Lipinski definition) is 10. The fourth-order valence-electron chi connectivity index (χ4n) is 5.74. The van der Waals surface area contributed by atoms with Gasteiger partial charge < -0.3 is 26.2 Å². The van der Waals surface area contributed by atoms with Crippen molar-refractivity contribution in [2.75, 3.05) is 73.9 Å². The number of piperidine rings is 1. The van der Waals surface area contributed by atoms with Crippen LogP contribution >= 0.6 is 11.3 Å². The number of nitrogens with zero attached hydrogens (tertiary/aromatic N) is 5. The van der Waals surface area contributed by atoms with Gasteiger partial charge in [-0.2, -0.15) is 13.2 Å². The van der Waals surface area contributed by atoms with Gasteiger partial charge in [0.15, 0.2) is 5.13 Å². The molecule has 1 amide bonds. The second-order valence-corrected chi connectivity index (χ2v) is 12.6. The molecule has 14 heteroatoms. The van der Waals surface area contributed by atoms with E-state index < -0.39 is 17.6 Å². The number of aromatic nitrogens is 1. The number of thiazole rings is 1. The van der Waals surface area contributed by atoms with Crippen molar-refractivity contribution in [2.45, 2.75) is 32.0 Å². The van der Waals surface area contributed by atoms with Gasteiger partial charge in [-0.1, -0.05) is 17.4 Å². The van der Waals surface area contributed by atoms with Crippen LogP contribution in [0.2, 0.25) is 0 Å². The molecule has 0 unspecified atom stereocenters. The number of piperazine rings is 1. The quantitative estimate of drug-likeness (QED) is 0.206. The predicted molar refractivity (Wildman–Crippen MR) is 175 cm³/mol. The Bertz CT molecular complexity index is 1530. The summed E-state index contributed by atoms with van der Waals surface area (Å²) < 4.78 is 41.9. The van der Waals surface area contributed by atoms with Crippen LogP contribution < -0.4 is 32.1 Å². The Hall–Kier alpha value is -3.85. The summed E-state index contributed by atoms with van der Waals surface area (Å²) in [5.74, 6) is 5.75. The molecule has 45 heavy (non-hydrogen) atoms. The summed E-state index contributed by atoms with van der Waals surface area (Å²) >= 11 is 1.36. The smallest absolute Gasteiger partial charge is 0.396 e. The molecule has 2 saturated heterocycles. The minimum atomic E-state index is -4.57. The fraction of sp³-hybridized carbons (Fsp3) is 0.419. The number of alkyl halides is 3. The van der Waals surface area contributed by atoms with Crippen molar-refractivity contribution in [1.29, 1.82) is 0 Å². The van der Waals surface area contributed by atoms with Crippen molar-refractivity contribution in [3.8, 4) is 0 Å². The van der Waals surface area contributed by atoms with Crippen LogP contribution in [-0.4, -0.2) is 80.1 Å². The molecule has 242 valence electrons. The second-order valence-electron chi connectivity index (χ2n) is 11.6. The van der Waals surface area contributed by atoms with Crippen LogP contribution in [-0.2, 0) is 6.18 Å². The Balaban J connectivity index is 1.31. The summed E-state index contributed by atoms with van der Waals surface area (Å²) in [7, 11) is 3.88. The van der Waals surface area contributed by atoms with E-state index in [1.807, 2.05) is 11.8 Å². The number of rotatable bonds is 8. The lowest BCUT2D eigenvalue weighted by Crippen LogP contribution is -2.52. The number of carbonyl (C=O) groups excluding carboxylic acids is 1. The van der Waals surface area contributed by atoms with Crippen LogP contribution in [0.25, 0.3) is 5.70 Å². The molecule has 3 heterocycles. The molecule has 1 aromatic heterocycles. The standard InChI is InChI=1S/C31H40F3N9OS/c1-20-4-5-21(14-27(20)43(36)19-26(35)28-18-38-30(37-2)45-28)29(44)39-23-15-22(31(32,33)34)16-25(17-23)41-8-6-24(7-9-41)42-12-10-40(3)11-13-42/h4-5,14-19,24H,6-13,35-36H2,1-3H3,(H,37,38)(H,39,44)/b26-19-. The number of hydrazine groups is 1. The molecule has 2 aliphatic rings. The number of hydrogen-bond donors (Lipinski definition) is 4. The minimum Gasteiger partial charge on any atom is -0.396 e. The first kappa shape index (κ1) is 32.5. The molecule has 0 aliphatic carbocycles. The maximum atomic E-state index is 14.0. The van der Waals surface area contributed by atoms with E-state index >= 15 is 0 Å². The maximum Gasteiger partial charge on any atom is 0.416 e. The first-order valence-electron chi connectivity index (χ1n) is 14.9. The van der Waals surface area contributed by atoms with Crippen LogP contribution in [0.3, 0.4) is 0 Å². The van der Waals surface area contributed by atoms with Gasteiger partial charge in [-0.05, 0) is 62.7 Å². The SMILES string of the molecule is CNc1ncc(/C(N)=C/N(N)c2cc(C(=O)Nc3cc(N4CCC(N5CCN(C)CC5)CC4)cc(C(F)(F)F)c3)ccc2C)s1. The van der Waals surface area contributed by atoms with E-state index in [0.717, 1.165) is 50.7 Å². The lowest BCUT2D eigenvalue weighted by molar-refractivity contribution is -0.137. The highest BCUT2D eigenvalue weighted by Crippen LogP contribution is 2.36. The number of likely N-dealkylation sites (N-methyl/N-ethyl adjacent to an activating group) is 1. The highest BCUT2D eigenvalue weighted by atomic mass is 32.1. The first-order valence-corrected chi connectivity index (χ1v) is 15.7. The zero-order valence-electron chi connectivity index (χ0n) is 25.7. The molecule has 0 radical (unpaired) electrons. The third-order valence-electron chi connectivity index (χ3n) is 8.42. The van der Waals surface area contributed by atoms with E-state index in [4.69, 9.17) is 11.6 Å². The van der Waals surface area contributed by atoms with E-state index in [1.54, 1.807) is 37.5 Å². The molecule has 6 N–H and O–H groups in total. The second kappa shape index (κ2) is 13.6. The summed E-state index contributed by atoms with van der Waals surface area (Å²) in [6.07, 6.45) is 0.349. The molecule has 10 nitrogen and oxygen atoms in total. The minimum absolute atomic E-state index is 0.0763. The molecular weight excluding hydrogens is 603 g/mol. The topological polar surface area (TPSA) is 119 Å². The number of nitrogens with two attached hydrogens (primary N) is 2. The number of benzene rings is 2. The molecule has 0 saturated carbocycles. The van der Waals surface area contributed by atoms with Crippen molar-refractivity contribution in [1.82, 2.24) is 14.8 Å². The van der Waals surface area contributed by atoms with Gasteiger partial charge in [0.05, 0.1) is 21.8 Å². The van der Waals surface area contributed by atoms with Gasteiger partial charge in [0, 0.05) is 81.7 Å². The zero-order valence-corrected chi connectivity index (χ0v) is 26.5. The third-order valence-corrected chi connectivity index (χ3v) is 9.48. The molecule has 2 fully saturated rings. The van der Waals surface area contributed by atoms with E-state index in [-0.39, 0.29) is 11.3 Å². The molecule has 0 atom stereocenters. The lowest BCUT2D eigenvalue weighted by Gasteiger charge is -2.42. The Labute approximate surface area is 265 Å². The average Bonchev–Trinajstić information content (AvgIpc) is 3.51. The molecule has 5 rings (SSSR count). The number of amides is 1. The predicted octanol–water partition coefficient (Wildman–Crippen LogP) is 4.62. The van der Waals surface area contributed by atoms with Crippen LogP contribution in [0.5, 0.6) is 0 Å². The fourth-order valence-corrected chi connectivity index (χ4v) is 6.44. The van der Waals surface area contributed by atoms with Crippen molar-refractivity contribution in [2.24, 2.45) is 11.6 Å². The Morgan fingerprint density at radius 2 is 1.80 bits per heavy atom. The molecule has 2 aliphatic heterocycles. The Morgan fingerprint density at radius 1 is 1.09 bits per heavy atom. The zero-order chi connectivity index (χ0) is 32.3. The van der Waals surface area contributed by atoms with Crippen molar-refractivity contribution < 1.29 is 18.0 Å². The van der Waals surface area contributed by atoms with Gasteiger partial charge in [0.2, 0.25) is 0 Å². The largest absolute Gasteiger partial charge is 0.416 e. The molecule has 0 bridgehead atoms. The molecule has 2 aromatic carbocycles. The van der Waals surface area contributed by atoms with Crippen LogP contribution in [0.4, 0.5) is 35.4 Å². The van der Waals surface area contributed by atoms with E-state index in [9.17, 15) is 18.0 Å². The molecule has 0 spiro atoms. The summed E-state index contributed by atoms with van der Waals surface area (Å²) in [6.45, 7) is 7.20. The summed E-state index contributed by atoms with van der Waals surface area (Å²) in [5.41, 5.74) is 7.85. The van der Waals surface area contributed by atoms with Crippen molar-refractivity contribution in [3.63, 3.8) is 0 Å². The Morgan fingerprint density at radius 3 is 2.44 bits per heavy atom. The van der Waals surface area contributed by atoms with E-state index in [1.165, 1.54) is 28.6 Å². The van der Waals surface area contributed by atoms with Gasteiger partial charge >= 0.3 is 6.18 Å². The third kappa shape index (κ3) is 7.87. The number of halogens is 3. The van der Waals surface area contributed by atoms with Gasteiger partial charge in [-0.25, -0.2) is 10.8 Å². The molecular formula is C31H40F3N9OS. The first-order chi connectivity index (χ1) is 21.4. The normalized spacial score (nSPS) is 17.4. The summed E-state index contributed by atoms with van der Waals surface area (Å²) in [5, 5.41) is 7.65. The number of anilines is 4. The van der Waals surface area contributed by atoms with Gasteiger partial charge in [0.25, 0.3) is 5.91 Å². The summed E-state index contributed by atoms with van der Waals surface area (Å²) in [4.78, 5) is 25.1. The van der Waals surface area contributed by atoms with E-state index in [0.29, 0.717) is 46.2 Å². The lowest BCUT2D eigenvalue weighted by atomic mass is 10.0. The van der Waals surface area contributed by atoms with Gasteiger partial charge in [-0.15, -0.1) is 0 Å². The van der Waals surface area contributed by atoms with Crippen LogP contribution in [0.15, 0.2) is 48.8 Å². The highest BCUT2D eigenvalue weighted by molar-refractivity contribution is 7.16. The van der Waals surface area contributed by atoms with Crippen molar-refractivity contribution >= 4 is 45.1 Å². The van der Waals surface area contributed by atoms with Crippen molar-refractivity contribution in [3.05, 3.63) is 70.4 Å². The number of nitrogens with one attached hydrogen (secondary N) is 2. The van der Waals surface area contributed by atoms with E-state index in [2.05, 4.69) is 32.5 Å².